The number of hydrogen-bond donors (Lipinski definition) is 1. The van der Waals surface area contributed by atoms with Crippen LogP contribution in [0.15, 0.2) is 0 Å². The Morgan fingerprint density at radius 2 is 1.52 bits per heavy atom. The number of aliphatic hydroxyl groups excluding tert-OH is 1. The number of aliphatic hydroxyl groups is 1. The molecule has 0 bridgehead atoms. The van der Waals surface area contributed by atoms with Crippen LogP contribution in [0.2, 0.25) is 0 Å². The van der Waals surface area contributed by atoms with Crippen molar-refractivity contribution in [2.75, 3.05) is 57.4 Å². The Bertz CT molecular complexity index is 533. The maximum absolute atomic E-state index is 12.2. The minimum Gasteiger partial charge on any atom is -0.395 e. The molecule has 3 fully saturated rings. The van der Waals surface area contributed by atoms with E-state index in [1.807, 2.05) is 4.90 Å². The highest BCUT2D eigenvalue weighted by molar-refractivity contribution is 7.91. The van der Waals surface area contributed by atoms with Gasteiger partial charge in [0.1, 0.15) is 0 Å². The van der Waals surface area contributed by atoms with Gasteiger partial charge in [-0.3, -0.25) is 14.6 Å². The van der Waals surface area contributed by atoms with Gasteiger partial charge in [0.15, 0.2) is 9.84 Å². The maximum Gasteiger partial charge on any atom is 0.223 e. The second kappa shape index (κ2) is 7.04. The fourth-order valence-corrected chi connectivity index (χ4v) is 6.19. The van der Waals surface area contributed by atoms with E-state index < -0.39 is 9.84 Å². The fraction of sp³-hybridized carbons (Fsp3) is 0.933. The van der Waals surface area contributed by atoms with Crippen molar-refractivity contribution in [2.24, 2.45) is 0 Å². The van der Waals surface area contributed by atoms with Crippen molar-refractivity contribution in [3.63, 3.8) is 0 Å². The van der Waals surface area contributed by atoms with Crippen molar-refractivity contribution in [2.45, 2.75) is 31.3 Å². The zero-order valence-electron chi connectivity index (χ0n) is 13.6. The highest BCUT2D eigenvalue weighted by Gasteiger charge is 2.46. The van der Waals surface area contributed by atoms with Gasteiger partial charge < -0.3 is 10.0 Å². The normalized spacial score (nSPS) is 31.4. The number of piperazine rings is 1. The Labute approximate surface area is 138 Å². The smallest absolute Gasteiger partial charge is 0.223 e. The first-order valence-electron chi connectivity index (χ1n) is 8.57. The van der Waals surface area contributed by atoms with Crippen LogP contribution in [0.25, 0.3) is 0 Å². The predicted octanol–water partition coefficient (Wildman–Crippen LogP) is -1.23. The van der Waals surface area contributed by atoms with Gasteiger partial charge in [-0.15, -0.1) is 0 Å². The molecule has 0 aromatic rings. The molecule has 0 aromatic heterocycles. The Balaban J connectivity index is 1.60. The zero-order chi connectivity index (χ0) is 16.4. The Morgan fingerprint density at radius 3 is 2.09 bits per heavy atom. The number of nitrogens with zero attached hydrogens (tertiary/aromatic N) is 3. The molecule has 2 atom stereocenters. The molecule has 0 unspecified atom stereocenters. The van der Waals surface area contributed by atoms with Crippen molar-refractivity contribution in [1.82, 2.24) is 14.7 Å². The van der Waals surface area contributed by atoms with Crippen LogP contribution in [0.5, 0.6) is 0 Å². The van der Waals surface area contributed by atoms with E-state index in [4.69, 9.17) is 0 Å². The number of β-amino-alcohol motifs (C(OH)–C–C–N with tert-alkyl or cyclic N) is 1. The average molecular weight is 345 g/mol. The van der Waals surface area contributed by atoms with Crippen LogP contribution in [0, 0.1) is 0 Å². The molecule has 0 saturated carbocycles. The van der Waals surface area contributed by atoms with Crippen molar-refractivity contribution in [1.29, 1.82) is 0 Å². The largest absolute Gasteiger partial charge is 0.395 e. The van der Waals surface area contributed by atoms with Crippen LogP contribution >= 0.6 is 0 Å². The summed E-state index contributed by atoms with van der Waals surface area (Å²) in [5.74, 6) is 0.545. The van der Waals surface area contributed by atoms with Crippen LogP contribution in [-0.2, 0) is 14.6 Å². The summed E-state index contributed by atoms with van der Waals surface area (Å²) in [5, 5.41) is 9.18. The number of carbonyl (C=O) groups is 1. The molecule has 1 amide bonds. The topological polar surface area (TPSA) is 81.2 Å². The first-order chi connectivity index (χ1) is 11.0. The van der Waals surface area contributed by atoms with Crippen LogP contribution in [-0.4, -0.2) is 104 Å². The Kier molecular flexibility index (Phi) is 5.25. The van der Waals surface area contributed by atoms with E-state index in [1.54, 1.807) is 0 Å². The number of sulfone groups is 1. The van der Waals surface area contributed by atoms with E-state index in [-0.39, 0.29) is 36.1 Å². The van der Waals surface area contributed by atoms with Crippen LogP contribution in [0.3, 0.4) is 0 Å². The first kappa shape index (κ1) is 17.1. The second-order valence-electron chi connectivity index (χ2n) is 6.85. The standard InChI is InChI=1S/C15H27N3O4S/c19-10-9-17-8-7-16(13-11-23(21,22)12-14(13)17)6-3-15(20)18-4-1-2-5-18/h13-14,19H,1-12H2/t13-,14+/m0/s1. The third-order valence-electron chi connectivity index (χ3n) is 5.36. The number of amides is 1. The van der Waals surface area contributed by atoms with E-state index in [1.165, 1.54) is 0 Å². The summed E-state index contributed by atoms with van der Waals surface area (Å²) in [6.07, 6.45) is 2.66. The van der Waals surface area contributed by atoms with Gasteiger partial charge in [0.2, 0.25) is 5.91 Å². The van der Waals surface area contributed by atoms with E-state index >= 15 is 0 Å². The van der Waals surface area contributed by atoms with Crippen LogP contribution in [0.4, 0.5) is 0 Å². The van der Waals surface area contributed by atoms with Gasteiger partial charge >= 0.3 is 0 Å². The minimum absolute atomic E-state index is 0.0355. The molecule has 8 heteroatoms. The predicted molar refractivity (Wildman–Crippen MR) is 86.9 cm³/mol. The molecule has 1 N–H and O–H groups in total. The van der Waals surface area contributed by atoms with Crippen LogP contribution < -0.4 is 0 Å². The van der Waals surface area contributed by atoms with Gasteiger partial charge in [0, 0.05) is 57.8 Å². The first-order valence-corrected chi connectivity index (χ1v) is 10.4. The molecule has 0 aliphatic carbocycles. The zero-order valence-corrected chi connectivity index (χ0v) is 14.4. The minimum atomic E-state index is -3.03. The van der Waals surface area contributed by atoms with Gasteiger partial charge in [-0.2, -0.15) is 0 Å². The number of hydrogen-bond acceptors (Lipinski definition) is 6. The van der Waals surface area contributed by atoms with E-state index in [0.29, 0.717) is 19.5 Å². The third-order valence-corrected chi connectivity index (χ3v) is 7.06. The second-order valence-corrected chi connectivity index (χ2v) is 9.00. The van der Waals surface area contributed by atoms with Crippen molar-refractivity contribution in [3.05, 3.63) is 0 Å². The highest BCUT2D eigenvalue weighted by Crippen LogP contribution is 2.27. The fourth-order valence-electron chi connectivity index (χ4n) is 4.14. The van der Waals surface area contributed by atoms with Crippen LogP contribution in [0.1, 0.15) is 19.3 Å². The molecule has 0 spiro atoms. The molecule has 0 aromatic carbocycles. The van der Waals surface area contributed by atoms with Gasteiger partial charge in [-0.05, 0) is 12.8 Å². The number of carbonyl (C=O) groups excluding carboxylic acids is 1. The molecular weight excluding hydrogens is 318 g/mol. The quantitative estimate of drug-likeness (QED) is 0.672. The summed E-state index contributed by atoms with van der Waals surface area (Å²) >= 11 is 0. The lowest BCUT2D eigenvalue weighted by atomic mass is 10.0. The van der Waals surface area contributed by atoms with Gasteiger partial charge in [0.05, 0.1) is 18.1 Å². The van der Waals surface area contributed by atoms with Crippen molar-refractivity contribution >= 4 is 15.7 Å². The Hall–Kier alpha value is -0.700. The summed E-state index contributed by atoms with van der Waals surface area (Å²) in [6.45, 7) is 4.47. The Morgan fingerprint density at radius 1 is 0.957 bits per heavy atom. The average Bonchev–Trinajstić information content (AvgIpc) is 3.13. The maximum atomic E-state index is 12.2. The molecule has 0 radical (unpaired) electrons. The SMILES string of the molecule is O=C(CCN1CCN(CCO)[C@@H]2CS(=O)(=O)C[C@@H]21)N1CCCC1. The monoisotopic (exact) mass is 345 g/mol. The summed E-state index contributed by atoms with van der Waals surface area (Å²) < 4.78 is 24.1. The third kappa shape index (κ3) is 3.87. The number of likely N-dealkylation sites (tertiary alicyclic amines) is 1. The summed E-state index contributed by atoms with van der Waals surface area (Å²) in [7, 11) is -3.03. The van der Waals surface area contributed by atoms with E-state index in [2.05, 4.69) is 9.80 Å². The van der Waals surface area contributed by atoms with E-state index in [9.17, 15) is 18.3 Å². The van der Waals surface area contributed by atoms with Gasteiger partial charge in [-0.25, -0.2) is 8.42 Å². The molecule has 132 valence electrons. The van der Waals surface area contributed by atoms with Gasteiger partial charge in [-0.1, -0.05) is 0 Å². The number of fused-ring (bicyclic) bond motifs is 1. The summed E-state index contributed by atoms with van der Waals surface area (Å²) in [6, 6.07) is -0.0746. The lowest BCUT2D eigenvalue weighted by Crippen LogP contribution is -2.59. The summed E-state index contributed by atoms with van der Waals surface area (Å²) in [4.78, 5) is 18.4. The number of rotatable bonds is 5. The highest BCUT2D eigenvalue weighted by atomic mass is 32.2. The summed E-state index contributed by atoms with van der Waals surface area (Å²) in [5.41, 5.74) is 0. The molecule has 3 aliphatic heterocycles. The molecule has 3 saturated heterocycles. The molecule has 3 aliphatic rings. The molecule has 3 heterocycles. The molecule has 3 rings (SSSR count). The van der Waals surface area contributed by atoms with Crippen molar-refractivity contribution in [3.8, 4) is 0 Å². The van der Waals surface area contributed by atoms with E-state index in [0.717, 1.165) is 39.0 Å². The molecular formula is C15H27N3O4S. The lowest BCUT2D eigenvalue weighted by molar-refractivity contribution is -0.130. The van der Waals surface area contributed by atoms with Crippen molar-refractivity contribution < 1.29 is 18.3 Å². The molecule has 7 nitrogen and oxygen atoms in total. The lowest BCUT2D eigenvalue weighted by Gasteiger charge is -2.43. The molecule has 23 heavy (non-hydrogen) atoms. The van der Waals surface area contributed by atoms with Gasteiger partial charge in [0.25, 0.3) is 0 Å².